The van der Waals surface area contributed by atoms with Gasteiger partial charge in [0.1, 0.15) is 0 Å². The van der Waals surface area contributed by atoms with Crippen molar-refractivity contribution in [3.8, 4) is 0 Å². The third-order valence-corrected chi connectivity index (χ3v) is 4.36. The van der Waals surface area contributed by atoms with Gasteiger partial charge in [0.15, 0.2) is 5.12 Å². The van der Waals surface area contributed by atoms with Crippen LogP contribution in [0.5, 0.6) is 0 Å². The van der Waals surface area contributed by atoms with E-state index in [4.69, 9.17) is 0 Å². The van der Waals surface area contributed by atoms with Crippen LogP contribution < -0.4 is 0 Å². The van der Waals surface area contributed by atoms with E-state index in [0.29, 0.717) is 0 Å². The molecule has 118 valence electrons. The smallest absolute Gasteiger partial charge is 0.233 e. The second-order valence-corrected chi connectivity index (χ2v) is 8.38. The van der Waals surface area contributed by atoms with E-state index in [2.05, 4.69) is 0 Å². The van der Waals surface area contributed by atoms with E-state index in [9.17, 15) is 14.4 Å². The molecule has 0 aromatic heterocycles. The van der Waals surface area contributed by atoms with Crippen LogP contribution in [0.15, 0.2) is 30.3 Å². The molecule has 2 amide bonds. The third kappa shape index (κ3) is 4.44. The number of nitrogens with zero attached hydrogens (tertiary/aromatic N) is 1. The van der Waals surface area contributed by atoms with Gasteiger partial charge in [0.25, 0.3) is 0 Å². The summed E-state index contributed by atoms with van der Waals surface area (Å²) in [5.74, 6) is -0.914. The Morgan fingerprint density at radius 1 is 1.23 bits per heavy atom. The van der Waals surface area contributed by atoms with Crippen molar-refractivity contribution in [2.75, 3.05) is 0 Å². The molecule has 0 bridgehead atoms. The molecule has 1 saturated heterocycles. The minimum Gasteiger partial charge on any atom is -0.287 e. The van der Waals surface area contributed by atoms with Crippen molar-refractivity contribution in [2.24, 2.45) is 5.92 Å². The molecule has 5 heteroatoms. The molecule has 0 aliphatic carbocycles. The summed E-state index contributed by atoms with van der Waals surface area (Å²) in [6.45, 7) is 6.16. The average molecular weight is 319 g/mol. The van der Waals surface area contributed by atoms with Crippen molar-refractivity contribution in [3.05, 3.63) is 35.9 Å². The molecule has 1 aromatic carbocycles. The van der Waals surface area contributed by atoms with Crippen molar-refractivity contribution < 1.29 is 14.4 Å². The first-order valence-electron chi connectivity index (χ1n) is 7.36. The molecule has 1 fully saturated rings. The third-order valence-electron chi connectivity index (χ3n) is 3.35. The minimum absolute atomic E-state index is 0.0276. The van der Waals surface area contributed by atoms with E-state index in [1.807, 2.05) is 51.1 Å². The van der Waals surface area contributed by atoms with Crippen LogP contribution in [0.2, 0.25) is 0 Å². The van der Waals surface area contributed by atoms with Crippen molar-refractivity contribution in [1.29, 1.82) is 0 Å². The molecule has 4 nitrogen and oxygen atoms in total. The van der Waals surface area contributed by atoms with Crippen molar-refractivity contribution in [3.63, 3.8) is 0 Å². The molecular weight excluding hydrogens is 298 g/mol. The van der Waals surface area contributed by atoms with E-state index in [1.54, 1.807) is 0 Å². The lowest BCUT2D eigenvalue weighted by molar-refractivity contribution is -0.140. The zero-order valence-corrected chi connectivity index (χ0v) is 14.0. The van der Waals surface area contributed by atoms with E-state index >= 15 is 0 Å². The first kappa shape index (κ1) is 16.7. The summed E-state index contributed by atoms with van der Waals surface area (Å²) in [6.07, 6.45) is 0.278. The molecule has 0 spiro atoms. The molecule has 0 radical (unpaired) electrons. The summed E-state index contributed by atoms with van der Waals surface area (Å²) in [4.78, 5) is 37.7. The Balaban J connectivity index is 1.98. The fourth-order valence-electron chi connectivity index (χ4n) is 2.43. The van der Waals surface area contributed by atoms with E-state index in [-0.39, 0.29) is 41.1 Å². The number of hydrogen-bond donors (Lipinski definition) is 0. The van der Waals surface area contributed by atoms with Crippen molar-refractivity contribution in [1.82, 2.24) is 4.90 Å². The second kappa shape index (κ2) is 6.65. The Kier molecular flexibility index (Phi) is 5.06. The number of likely N-dealkylation sites (tertiary alicyclic amines) is 1. The van der Waals surface area contributed by atoms with Gasteiger partial charge in [-0.2, -0.15) is 0 Å². The summed E-state index contributed by atoms with van der Waals surface area (Å²) in [5, 5.41) is -0.0276. The van der Waals surface area contributed by atoms with Crippen molar-refractivity contribution in [2.45, 2.75) is 44.9 Å². The molecule has 1 heterocycles. The van der Waals surface area contributed by atoms with Gasteiger partial charge in [-0.1, -0.05) is 62.9 Å². The largest absolute Gasteiger partial charge is 0.287 e. The van der Waals surface area contributed by atoms with Crippen LogP contribution >= 0.6 is 11.8 Å². The Labute approximate surface area is 135 Å². The fraction of sp³-hybridized carbons (Fsp3) is 0.471. The van der Waals surface area contributed by atoms with Gasteiger partial charge in [-0.15, -0.1) is 0 Å². The first-order valence-corrected chi connectivity index (χ1v) is 8.18. The molecule has 2 rings (SSSR count). The molecular formula is C17H21NO3S. The zero-order valence-electron chi connectivity index (χ0n) is 13.2. The van der Waals surface area contributed by atoms with Crippen LogP contribution in [-0.4, -0.2) is 26.6 Å². The number of imide groups is 1. The SMILES string of the molecule is CC(C)(C)SC(=O)C[C@@H]1CC(=O)N(Cc2ccccc2)C1=O. The Bertz CT molecular complexity index is 577. The quantitative estimate of drug-likeness (QED) is 0.801. The van der Waals surface area contributed by atoms with Gasteiger partial charge in [0.05, 0.1) is 12.5 Å². The number of rotatable bonds is 4. The Morgan fingerprint density at radius 2 is 1.86 bits per heavy atom. The summed E-state index contributed by atoms with van der Waals surface area (Å²) in [7, 11) is 0. The topological polar surface area (TPSA) is 54.5 Å². The Morgan fingerprint density at radius 3 is 2.45 bits per heavy atom. The van der Waals surface area contributed by atoms with Gasteiger partial charge >= 0.3 is 0 Å². The second-order valence-electron chi connectivity index (χ2n) is 6.50. The molecule has 1 aliphatic heterocycles. The minimum atomic E-state index is -0.501. The maximum atomic E-state index is 12.4. The van der Waals surface area contributed by atoms with E-state index in [1.165, 1.54) is 16.7 Å². The highest BCUT2D eigenvalue weighted by Gasteiger charge is 2.39. The van der Waals surface area contributed by atoms with Gasteiger partial charge in [-0.05, 0) is 5.56 Å². The standard InChI is InChI=1S/C17H21NO3S/c1-17(2,3)22-15(20)10-13-9-14(19)18(16(13)21)11-12-7-5-4-6-8-12/h4-8,13H,9-11H2,1-3H3/t13-/m0/s1. The predicted octanol–water partition coefficient (Wildman–Crippen LogP) is 3.01. The average Bonchev–Trinajstić information content (AvgIpc) is 2.65. The molecule has 0 unspecified atom stereocenters. The number of thioether (sulfide) groups is 1. The fourth-order valence-corrected chi connectivity index (χ4v) is 3.40. The van der Waals surface area contributed by atoms with Crippen LogP contribution in [0, 0.1) is 5.92 Å². The molecule has 1 atom stereocenters. The summed E-state index contributed by atoms with van der Waals surface area (Å²) in [5.41, 5.74) is 0.917. The Hall–Kier alpha value is -1.62. The highest BCUT2D eigenvalue weighted by molar-refractivity contribution is 8.14. The lowest BCUT2D eigenvalue weighted by atomic mass is 10.1. The number of carbonyl (C=O) groups is 3. The molecule has 0 saturated carbocycles. The number of hydrogen-bond acceptors (Lipinski definition) is 4. The van der Waals surface area contributed by atoms with Crippen LogP contribution in [0.1, 0.15) is 39.2 Å². The van der Waals surface area contributed by atoms with Gasteiger partial charge in [0, 0.05) is 17.6 Å². The molecule has 22 heavy (non-hydrogen) atoms. The lowest BCUT2D eigenvalue weighted by Crippen LogP contribution is -2.30. The molecule has 1 aromatic rings. The van der Waals surface area contributed by atoms with Crippen molar-refractivity contribution >= 4 is 28.7 Å². The summed E-state index contributed by atoms with van der Waals surface area (Å²) >= 11 is 1.23. The summed E-state index contributed by atoms with van der Waals surface area (Å²) in [6, 6.07) is 9.41. The van der Waals surface area contributed by atoms with Crippen LogP contribution in [0.3, 0.4) is 0 Å². The van der Waals surface area contributed by atoms with Crippen LogP contribution in [0.25, 0.3) is 0 Å². The highest BCUT2D eigenvalue weighted by Crippen LogP contribution is 2.30. The molecule has 1 aliphatic rings. The van der Waals surface area contributed by atoms with Gasteiger partial charge < -0.3 is 0 Å². The normalized spacial score (nSPS) is 18.9. The van der Waals surface area contributed by atoms with Gasteiger partial charge in [-0.25, -0.2) is 0 Å². The summed E-state index contributed by atoms with van der Waals surface area (Å²) < 4.78 is -0.174. The number of amides is 2. The number of carbonyl (C=O) groups excluding carboxylic acids is 3. The predicted molar refractivity (Wildman–Crippen MR) is 87.1 cm³/mol. The maximum absolute atomic E-state index is 12.4. The highest BCUT2D eigenvalue weighted by atomic mass is 32.2. The maximum Gasteiger partial charge on any atom is 0.233 e. The van der Waals surface area contributed by atoms with Gasteiger partial charge in [0.2, 0.25) is 11.8 Å². The van der Waals surface area contributed by atoms with E-state index < -0.39 is 5.92 Å². The molecule has 0 N–H and O–H groups in total. The van der Waals surface area contributed by atoms with Crippen LogP contribution in [0.4, 0.5) is 0 Å². The van der Waals surface area contributed by atoms with Gasteiger partial charge in [-0.3, -0.25) is 19.3 Å². The zero-order chi connectivity index (χ0) is 16.3. The van der Waals surface area contributed by atoms with E-state index in [0.717, 1.165) is 5.56 Å². The lowest BCUT2D eigenvalue weighted by Gasteiger charge is -2.17. The first-order chi connectivity index (χ1) is 10.3. The monoisotopic (exact) mass is 319 g/mol. The number of benzene rings is 1. The van der Waals surface area contributed by atoms with Crippen LogP contribution in [-0.2, 0) is 20.9 Å².